The van der Waals surface area contributed by atoms with E-state index in [2.05, 4.69) is 6.92 Å². The molecule has 1 saturated carbocycles. The van der Waals surface area contributed by atoms with Gasteiger partial charge in [-0.3, -0.25) is 0 Å². The lowest BCUT2D eigenvalue weighted by atomic mass is 9.65. The minimum absolute atomic E-state index is 0.246. The fraction of sp³-hybridized carbons (Fsp3) is 0.571. The second-order valence-corrected chi connectivity index (χ2v) is 7.24. The summed E-state index contributed by atoms with van der Waals surface area (Å²) >= 11 is 0. The molecule has 1 aliphatic carbocycles. The molecule has 0 saturated heterocycles. The summed E-state index contributed by atoms with van der Waals surface area (Å²) in [5, 5.41) is 0. The molecule has 1 aromatic carbocycles. The van der Waals surface area contributed by atoms with Crippen molar-refractivity contribution in [2.75, 3.05) is 13.4 Å². The van der Waals surface area contributed by atoms with Gasteiger partial charge >= 0.3 is 0 Å². The zero-order chi connectivity index (χ0) is 14.2. The largest absolute Gasteiger partial charge is 0.495 e. The van der Waals surface area contributed by atoms with Crippen molar-refractivity contribution in [1.82, 2.24) is 0 Å². The Morgan fingerprint density at radius 2 is 2.11 bits per heavy atom. The van der Waals surface area contributed by atoms with Gasteiger partial charge in [0.2, 0.25) is 0 Å². The zero-order valence-electron chi connectivity index (χ0n) is 11.6. The number of sulfone groups is 1. The summed E-state index contributed by atoms with van der Waals surface area (Å²) in [5.74, 6) is 1.33. The molecule has 4 nitrogen and oxygen atoms in total. The van der Waals surface area contributed by atoms with Crippen molar-refractivity contribution in [3.05, 3.63) is 23.8 Å². The highest BCUT2D eigenvalue weighted by molar-refractivity contribution is 7.90. The van der Waals surface area contributed by atoms with Gasteiger partial charge in [-0.1, -0.05) is 19.4 Å². The van der Waals surface area contributed by atoms with Crippen LogP contribution in [0, 0.1) is 5.92 Å². The molecule has 1 fully saturated rings. The number of hydrogen-bond donors (Lipinski definition) is 1. The maximum absolute atomic E-state index is 11.6. The van der Waals surface area contributed by atoms with Gasteiger partial charge in [0, 0.05) is 12.3 Å². The predicted molar refractivity (Wildman–Crippen MR) is 75.2 cm³/mol. The lowest BCUT2D eigenvalue weighted by molar-refractivity contribution is 0.198. The second-order valence-electron chi connectivity index (χ2n) is 5.26. The average molecular weight is 283 g/mol. The van der Waals surface area contributed by atoms with Gasteiger partial charge in [0.15, 0.2) is 9.84 Å². The van der Waals surface area contributed by atoms with E-state index in [1.54, 1.807) is 6.07 Å². The maximum atomic E-state index is 11.6. The summed E-state index contributed by atoms with van der Waals surface area (Å²) in [6.45, 7) is 2.14. The van der Waals surface area contributed by atoms with Gasteiger partial charge in [-0.2, -0.15) is 0 Å². The molecule has 19 heavy (non-hydrogen) atoms. The van der Waals surface area contributed by atoms with E-state index >= 15 is 0 Å². The monoisotopic (exact) mass is 283 g/mol. The Kier molecular flexibility index (Phi) is 3.87. The third kappa shape index (κ3) is 2.62. The first-order valence-electron chi connectivity index (χ1n) is 6.52. The summed E-state index contributed by atoms with van der Waals surface area (Å²) in [4.78, 5) is 0.246. The number of nitrogens with two attached hydrogens (primary N) is 1. The molecule has 2 N–H and O–H groups in total. The smallest absolute Gasteiger partial charge is 0.179 e. The zero-order valence-corrected chi connectivity index (χ0v) is 12.4. The van der Waals surface area contributed by atoms with E-state index < -0.39 is 9.84 Å². The van der Waals surface area contributed by atoms with Crippen LogP contribution < -0.4 is 10.5 Å². The first-order valence-corrected chi connectivity index (χ1v) is 8.41. The van der Waals surface area contributed by atoms with Crippen LogP contribution in [0.3, 0.4) is 0 Å². The normalized spacial score (nSPS) is 26.8. The Labute approximate surface area is 114 Å². The van der Waals surface area contributed by atoms with Gasteiger partial charge in [0.05, 0.1) is 7.11 Å². The number of benzene rings is 1. The van der Waals surface area contributed by atoms with Crippen molar-refractivity contribution in [2.24, 2.45) is 11.7 Å². The Morgan fingerprint density at radius 3 is 2.58 bits per heavy atom. The molecule has 0 radical (unpaired) electrons. The summed E-state index contributed by atoms with van der Waals surface area (Å²) in [5.41, 5.74) is 7.13. The van der Waals surface area contributed by atoms with E-state index in [9.17, 15) is 8.42 Å². The number of ether oxygens (including phenoxy) is 1. The number of hydrogen-bond acceptors (Lipinski definition) is 4. The Morgan fingerprint density at radius 1 is 1.42 bits per heavy atom. The predicted octanol–water partition coefficient (Wildman–Crippen LogP) is 1.94. The highest BCUT2D eigenvalue weighted by atomic mass is 32.2. The second kappa shape index (κ2) is 5.13. The molecule has 3 unspecified atom stereocenters. The van der Waals surface area contributed by atoms with Crippen molar-refractivity contribution in [3.63, 3.8) is 0 Å². The van der Waals surface area contributed by atoms with Crippen molar-refractivity contribution >= 4 is 9.84 Å². The molecular weight excluding hydrogens is 262 g/mol. The molecule has 0 amide bonds. The van der Waals surface area contributed by atoms with Crippen molar-refractivity contribution in [3.8, 4) is 5.75 Å². The van der Waals surface area contributed by atoms with Crippen molar-refractivity contribution < 1.29 is 13.2 Å². The quantitative estimate of drug-likeness (QED) is 0.917. The summed E-state index contributed by atoms with van der Waals surface area (Å²) in [6, 6.07) is 5.63. The van der Waals surface area contributed by atoms with Crippen LogP contribution in [0.2, 0.25) is 0 Å². The van der Waals surface area contributed by atoms with Crippen LogP contribution in [0.15, 0.2) is 23.1 Å². The SMILES string of the molecule is CCC1C(N)CC1c1ccc(S(C)(=O)=O)c(OC)c1. The fourth-order valence-electron chi connectivity index (χ4n) is 2.94. The fourth-order valence-corrected chi connectivity index (χ4v) is 3.76. The molecule has 1 aliphatic rings. The van der Waals surface area contributed by atoms with Gasteiger partial charge in [0.1, 0.15) is 10.6 Å². The van der Waals surface area contributed by atoms with E-state index in [0.29, 0.717) is 17.6 Å². The summed E-state index contributed by atoms with van der Waals surface area (Å²) in [7, 11) is -1.76. The third-order valence-electron chi connectivity index (χ3n) is 4.08. The minimum Gasteiger partial charge on any atom is -0.495 e. The number of methoxy groups -OCH3 is 1. The summed E-state index contributed by atoms with van der Waals surface area (Å²) < 4.78 is 28.5. The molecule has 1 aromatic rings. The maximum Gasteiger partial charge on any atom is 0.179 e. The molecular formula is C14H21NO3S. The third-order valence-corrected chi connectivity index (χ3v) is 5.22. The molecule has 0 aromatic heterocycles. The van der Waals surface area contributed by atoms with Crippen LogP contribution in [0.1, 0.15) is 31.2 Å². The van der Waals surface area contributed by atoms with Crippen LogP contribution in [0.5, 0.6) is 5.75 Å². The molecule has 2 rings (SSSR count). The Bertz CT molecular complexity index is 568. The lowest BCUT2D eigenvalue weighted by Gasteiger charge is -2.43. The molecule has 0 heterocycles. The van der Waals surface area contributed by atoms with Crippen LogP contribution >= 0.6 is 0 Å². The molecule has 0 bridgehead atoms. The molecule has 0 spiro atoms. The molecule has 3 atom stereocenters. The minimum atomic E-state index is -3.26. The van der Waals surface area contributed by atoms with Crippen LogP contribution in [-0.2, 0) is 9.84 Å². The van der Waals surface area contributed by atoms with Gasteiger partial charge in [-0.25, -0.2) is 8.42 Å². The first-order chi connectivity index (χ1) is 8.88. The van der Waals surface area contributed by atoms with E-state index in [1.165, 1.54) is 13.4 Å². The van der Waals surface area contributed by atoms with E-state index in [1.807, 2.05) is 12.1 Å². The highest BCUT2D eigenvalue weighted by Gasteiger charge is 2.38. The topological polar surface area (TPSA) is 69.4 Å². The van der Waals surface area contributed by atoms with Gasteiger partial charge in [-0.15, -0.1) is 0 Å². The molecule has 5 heteroatoms. The van der Waals surface area contributed by atoms with Crippen LogP contribution in [-0.4, -0.2) is 27.8 Å². The van der Waals surface area contributed by atoms with Crippen molar-refractivity contribution in [2.45, 2.75) is 36.6 Å². The van der Waals surface area contributed by atoms with Crippen molar-refractivity contribution in [1.29, 1.82) is 0 Å². The van der Waals surface area contributed by atoms with E-state index in [-0.39, 0.29) is 10.9 Å². The lowest BCUT2D eigenvalue weighted by Crippen LogP contribution is -2.45. The average Bonchev–Trinajstić information content (AvgIpc) is 2.34. The Balaban J connectivity index is 2.35. The first kappa shape index (κ1) is 14.3. The van der Waals surface area contributed by atoms with E-state index in [0.717, 1.165) is 18.4 Å². The molecule has 0 aliphatic heterocycles. The van der Waals surface area contributed by atoms with Gasteiger partial charge in [0.25, 0.3) is 0 Å². The van der Waals surface area contributed by atoms with E-state index in [4.69, 9.17) is 10.5 Å². The van der Waals surface area contributed by atoms with Gasteiger partial charge in [-0.05, 0) is 36.0 Å². The molecule has 106 valence electrons. The standard InChI is InChI=1S/C14H21NO3S/c1-4-10-11(8-12(10)15)9-5-6-14(19(3,16)17)13(7-9)18-2/h5-7,10-12H,4,8,15H2,1-3H3. The van der Waals surface area contributed by atoms with Crippen LogP contribution in [0.25, 0.3) is 0 Å². The number of rotatable bonds is 4. The summed E-state index contributed by atoms with van der Waals surface area (Å²) in [6.07, 6.45) is 3.19. The van der Waals surface area contributed by atoms with Gasteiger partial charge < -0.3 is 10.5 Å². The van der Waals surface area contributed by atoms with Crippen LogP contribution in [0.4, 0.5) is 0 Å². The Hall–Kier alpha value is -1.07. The highest BCUT2D eigenvalue weighted by Crippen LogP contribution is 2.44.